The number of nitrogens with one attached hydrogen (secondary N) is 3. The van der Waals surface area contributed by atoms with Gasteiger partial charge < -0.3 is 31.9 Å². The Hall–Kier alpha value is -2.59. The highest BCUT2D eigenvalue weighted by Gasteiger charge is 2.64. The number of β-lactam (4-membered cyclic amide) rings is 1. The number of nitrogens with two attached hydrogens (primary N) is 1. The Bertz CT molecular complexity index is 1520. The summed E-state index contributed by atoms with van der Waals surface area (Å²) in [5.74, 6) is 5.12. The van der Waals surface area contributed by atoms with Gasteiger partial charge in [-0.05, 0) is 118 Å². The van der Waals surface area contributed by atoms with Crippen LogP contribution in [0.3, 0.4) is 0 Å². The van der Waals surface area contributed by atoms with Crippen molar-refractivity contribution in [2.45, 2.75) is 189 Å². The molecule has 4 aliphatic carbocycles. The van der Waals surface area contributed by atoms with Crippen LogP contribution in [0.5, 0.6) is 0 Å². The minimum atomic E-state index is -0.710. The van der Waals surface area contributed by atoms with Crippen LogP contribution in [-0.2, 0) is 19.2 Å². The first-order valence-electron chi connectivity index (χ1n) is 22.5. The predicted molar refractivity (Wildman–Crippen MR) is 239 cm³/mol. The lowest BCUT2D eigenvalue weighted by atomic mass is 9.43. The zero-order valence-electron chi connectivity index (χ0n) is 36.9. The van der Waals surface area contributed by atoms with Gasteiger partial charge in [-0.2, -0.15) is 0 Å². The molecule has 59 heavy (non-hydrogen) atoms. The number of aliphatic hydroxyl groups is 2. The van der Waals surface area contributed by atoms with Crippen LogP contribution < -0.4 is 21.7 Å². The van der Waals surface area contributed by atoms with Crippen LogP contribution in [0.25, 0.3) is 0 Å². The quantitative estimate of drug-likeness (QED) is 0.0505. The summed E-state index contributed by atoms with van der Waals surface area (Å²) in [7, 11) is 0. The van der Waals surface area contributed by atoms with E-state index in [1.807, 2.05) is 0 Å². The third-order valence-electron chi connectivity index (χ3n) is 15.1. The van der Waals surface area contributed by atoms with E-state index >= 15 is 0 Å². The van der Waals surface area contributed by atoms with E-state index in [1.165, 1.54) is 93.7 Å². The van der Waals surface area contributed by atoms with Gasteiger partial charge in [-0.25, -0.2) is 0 Å². The smallest absolute Gasteiger partial charge is 0.269 e. The molecular weight excluding hydrogens is 763 g/mol. The average molecular weight is 844 g/mol. The Balaban J connectivity index is 0.000000259. The van der Waals surface area contributed by atoms with Crippen molar-refractivity contribution in [2.75, 3.05) is 12.3 Å². The molecule has 0 spiro atoms. The summed E-state index contributed by atoms with van der Waals surface area (Å²) < 4.78 is 0. The van der Waals surface area contributed by atoms with Crippen molar-refractivity contribution in [3.63, 3.8) is 0 Å². The van der Waals surface area contributed by atoms with Gasteiger partial charge in [0.05, 0.1) is 12.2 Å². The molecule has 2 heterocycles. The maximum Gasteiger partial charge on any atom is 0.269 e. The van der Waals surface area contributed by atoms with Crippen molar-refractivity contribution >= 4 is 35.9 Å². The number of amides is 4. The third kappa shape index (κ3) is 10.9. The molecule has 6 aliphatic rings. The molecular formula is C47H81N5O6S. The van der Waals surface area contributed by atoms with Crippen LogP contribution in [-0.4, -0.2) is 81.3 Å². The molecule has 4 amide bonds. The minimum Gasteiger partial charge on any atom is -0.390 e. The molecule has 5 fully saturated rings. The molecule has 1 saturated heterocycles. The van der Waals surface area contributed by atoms with Crippen LogP contribution in [0, 0.1) is 58.2 Å². The SMILES string of the molecule is C.C#CC(C)(C)CCCC.CCC(=O)NC(CN)NC(=O)C1=C(C)CSC2C(NC=O)C(=O)N12.CCCCC1CCC2C3C(O)C(O)C4CCCCC4(C)C3CCC12C. The van der Waals surface area contributed by atoms with Crippen molar-refractivity contribution in [3.8, 4) is 12.3 Å². The number of aliphatic hydroxyl groups excluding tert-OH is 2. The molecule has 0 aromatic rings. The first kappa shape index (κ1) is 50.8. The molecule has 4 saturated carbocycles. The predicted octanol–water partition coefficient (Wildman–Crippen LogP) is 6.86. The molecule has 11 nitrogen and oxygen atoms in total. The number of carbonyl (C=O) groups excluding carboxylic acids is 4. The molecule has 0 aromatic heterocycles. The average Bonchev–Trinajstić information content (AvgIpc) is 3.55. The first-order valence-corrected chi connectivity index (χ1v) is 23.5. The maximum absolute atomic E-state index is 12.6. The number of hydrogen-bond acceptors (Lipinski definition) is 8. The standard InChI is InChI=1S/C23H40O2.C14H21N5O4S.C9H16.CH4/c1-4-5-8-15-10-11-16-19-17(12-14-22(15,16)2)23(3)13-7-6-9-18(23)20(24)21(19)25;1-3-9(21)17-8(4-15)18-12(22)11-7(2)5-24-14-10(16-6-20)13(23)19(11)14;1-5-7-8-9(3,4)6-2;/h15-21,24-25H,4-14H2,1-3H3;6,8,10,14H,3-5,15H2,1-2H3,(H,16,20)(H,17,21)(H,18,22);2H,5,7-8H2,1,3-4H3;1H4. The van der Waals surface area contributed by atoms with E-state index in [-0.39, 0.29) is 54.1 Å². The lowest BCUT2D eigenvalue weighted by Crippen LogP contribution is -2.70. The Morgan fingerprint density at radius 1 is 1.00 bits per heavy atom. The van der Waals surface area contributed by atoms with Crippen LogP contribution in [0.15, 0.2) is 11.3 Å². The van der Waals surface area contributed by atoms with Crippen LogP contribution >= 0.6 is 11.8 Å². The fourth-order valence-corrected chi connectivity index (χ4v) is 12.9. The largest absolute Gasteiger partial charge is 0.390 e. The Morgan fingerprint density at radius 2 is 1.68 bits per heavy atom. The molecule has 12 heteroatoms. The fourth-order valence-electron chi connectivity index (χ4n) is 11.6. The van der Waals surface area contributed by atoms with E-state index in [4.69, 9.17) is 12.2 Å². The van der Waals surface area contributed by atoms with Crippen LogP contribution in [0.2, 0.25) is 0 Å². The van der Waals surface area contributed by atoms with Gasteiger partial charge in [0, 0.05) is 24.1 Å². The lowest BCUT2D eigenvalue weighted by Gasteiger charge is -2.63. The van der Waals surface area contributed by atoms with Gasteiger partial charge in [0.15, 0.2) is 0 Å². The second-order valence-corrected chi connectivity index (χ2v) is 20.3. The van der Waals surface area contributed by atoms with Gasteiger partial charge in [0.25, 0.3) is 11.8 Å². The molecule has 7 N–H and O–H groups in total. The third-order valence-corrected chi connectivity index (χ3v) is 16.6. The Kier molecular flexibility index (Phi) is 18.9. The Morgan fingerprint density at radius 3 is 2.29 bits per heavy atom. The normalized spacial score (nSPS) is 34.8. The number of unbranched alkanes of at least 4 members (excludes halogenated alkanes) is 2. The van der Waals surface area contributed by atoms with Crippen LogP contribution in [0.1, 0.15) is 159 Å². The van der Waals surface area contributed by atoms with E-state index in [2.05, 4.69) is 63.4 Å². The van der Waals surface area contributed by atoms with Crippen molar-refractivity contribution in [3.05, 3.63) is 11.3 Å². The van der Waals surface area contributed by atoms with E-state index in [9.17, 15) is 29.4 Å². The number of hydrogen-bond donors (Lipinski definition) is 6. The molecule has 6 rings (SSSR count). The summed E-state index contributed by atoms with van der Waals surface area (Å²) >= 11 is 1.48. The molecule has 0 bridgehead atoms. The number of thioether (sulfide) groups is 1. The summed E-state index contributed by atoms with van der Waals surface area (Å²) in [6.07, 6.45) is 22.3. The van der Waals surface area contributed by atoms with Crippen molar-refractivity contribution < 1.29 is 29.4 Å². The summed E-state index contributed by atoms with van der Waals surface area (Å²) in [4.78, 5) is 48.2. The van der Waals surface area contributed by atoms with Crippen molar-refractivity contribution in [2.24, 2.45) is 51.6 Å². The highest BCUT2D eigenvalue weighted by molar-refractivity contribution is 8.00. The van der Waals surface area contributed by atoms with Crippen molar-refractivity contribution in [1.29, 1.82) is 0 Å². The van der Waals surface area contributed by atoms with Gasteiger partial charge in [0.1, 0.15) is 23.3 Å². The molecule has 336 valence electrons. The van der Waals surface area contributed by atoms with Gasteiger partial charge in [0.2, 0.25) is 12.3 Å². The van der Waals surface area contributed by atoms with E-state index in [0.717, 1.165) is 24.3 Å². The van der Waals surface area contributed by atoms with E-state index in [0.29, 0.717) is 41.2 Å². The highest BCUT2D eigenvalue weighted by Crippen LogP contribution is 2.68. The molecule has 12 unspecified atom stereocenters. The topological polar surface area (TPSA) is 174 Å². The van der Waals surface area contributed by atoms with E-state index < -0.39 is 30.3 Å². The van der Waals surface area contributed by atoms with Gasteiger partial charge >= 0.3 is 0 Å². The summed E-state index contributed by atoms with van der Waals surface area (Å²) in [6, 6.07) is -0.617. The number of carbonyl (C=O) groups is 4. The van der Waals surface area contributed by atoms with Crippen molar-refractivity contribution in [1.82, 2.24) is 20.9 Å². The molecule has 0 aromatic carbocycles. The summed E-state index contributed by atoms with van der Waals surface area (Å²) in [5, 5.41) is 29.6. The van der Waals surface area contributed by atoms with Gasteiger partial charge in [-0.1, -0.05) is 80.6 Å². The summed E-state index contributed by atoms with van der Waals surface area (Å²) in [6.45, 7) is 17.2. The first-order chi connectivity index (χ1) is 27.5. The lowest BCUT2D eigenvalue weighted by molar-refractivity contribution is -0.214. The maximum atomic E-state index is 12.6. The number of rotatable bonds is 13. The molecule has 0 radical (unpaired) electrons. The fraction of sp³-hybridized carbons (Fsp3) is 0.830. The number of terminal acetylenes is 1. The van der Waals surface area contributed by atoms with Crippen LogP contribution in [0.4, 0.5) is 0 Å². The minimum absolute atomic E-state index is 0. The van der Waals surface area contributed by atoms with Gasteiger partial charge in [-0.15, -0.1) is 24.1 Å². The van der Waals surface area contributed by atoms with Gasteiger partial charge in [-0.3, -0.25) is 24.1 Å². The zero-order valence-corrected chi connectivity index (χ0v) is 37.7. The Labute approximate surface area is 361 Å². The molecule has 12 atom stereocenters. The molecule has 2 aliphatic heterocycles. The van der Waals surface area contributed by atoms with E-state index in [1.54, 1.807) is 13.8 Å². The second-order valence-electron chi connectivity index (χ2n) is 19.2. The summed E-state index contributed by atoms with van der Waals surface area (Å²) in [5.41, 5.74) is 7.39. The monoisotopic (exact) mass is 844 g/mol. The number of nitrogens with zero attached hydrogens (tertiary/aromatic N) is 1. The second kappa shape index (κ2) is 22.0. The highest BCUT2D eigenvalue weighted by atomic mass is 32.2. The number of fused-ring (bicyclic) bond motifs is 6. The zero-order chi connectivity index (χ0) is 43.0.